The highest BCUT2D eigenvalue weighted by molar-refractivity contribution is 7.13. The van der Waals surface area contributed by atoms with E-state index in [0.29, 0.717) is 13.0 Å². The molecule has 0 aliphatic rings. The minimum absolute atomic E-state index is 0.0262. The van der Waals surface area contributed by atoms with Crippen LogP contribution in [0.4, 0.5) is 0 Å². The second-order valence-corrected chi connectivity index (χ2v) is 5.68. The van der Waals surface area contributed by atoms with Gasteiger partial charge in [-0.15, -0.1) is 11.3 Å². The molecule has 0 spiro atoms. The quantitative estimate of drug-likeness (QED) is 0.788. The number of benzene rings is 1. The van der Waals surface area contributed by atoms with Crippen molar-refractivity contribution in [3.63, 3.8) is 0 Å². The van der Waals surface area contributed by atoms with Gasteiger partial charge in [-0.2, -0.15) is 0 Å². The van der Waals surface area contributed by atoms with Crippen molar-refractivity contribution in [1.82, 2.24) is 15.3 Å². The molecule has 1 aromatic carbocycles. The third-order valence-corrected chi connectivity index (χ3v) is 4.09. The van der Waals surface area contributed by atoms with E-state index in [9.17, 15) is 4.79 Å². The fraction of sp³-hybridized carbons (Fsp3) is 0.118. The Morgan fingerprint density at radius 2 is 1.86 bits per heavy atom. The van der Waals surface area contributed by atoms with Crippen molar-refractivity contribution in [2.75, 3.05) is 0 Å². The molecule has 110 valence electrons. The minimum atomic E-state index is -0.0262. The number of nitrogens with zero attached hydrogens (tertiary/aromatic N) is 2. The lowest BCUT2D eigenvalue weighted by molar-refractivity contribution is -0.120. The molecular weight excluding hydrogens is 294 g/mol. The summed E-state index contributed by atoms with van der Waals surface area (Å²) >= 11 is 1.56. The summed E-state index contributed by atoms with van der Waals surface area (Å²) in [6.07, 6.45) is 3.73. The zero-order chi connectivity index (χ0) is 15.2. The van der Waals surface area contributed by atoms with Crippen molar-refractivity contribution in [2.45, 2.75) is 13.0 Å². The number of carbonyl (C=O) groups excluding carboxylic acids is 1. The number of hydrogen-bond donors (Lipinski definition) is 1. The number of rotatable bonds is 5. The summed E-state index contributed by atoms with van der Waals surface area (Å²) in [5.74, 6) is -0.0262. The van der Waals surface area contributed by atoms with E-state index in [-0.39, 0.29) is 5.91 Å². The first-order chi connectivity index (χ1) is 10.8. The molecule has 22 heavy (non-hydrogen) atoms. The smallest absolute Gasteiger partial charge is 0.226 e. The fourth-order valence-electron chi connectivity index (χ4n) is 2.03. The third kappa shape index (κ3) is 3.77. The topological polar surface area (TPSA) is 54.9 Å². The van der Waals surface area contributed by atoms with Crippen LogP contribution in [-0.2, 0) is 17.8 Å². The molecule has 0 bridgehead atoms. The van der Waals surface area contributed by atoms with Crippen LogP contribution in [0.2, 0.25) is 0 Å². The summed E-state index contributed by atoms with van der Waals surface area (Å²) in [4.78, 5) is 20.4. The van der Waals surface area contributed by atoms with E-state index < -0.39 is 0 Å². The van der Waals surface area contributed by atoms with Crippen LogP contribution in [0.15, 0.2) is 60.2 Å². The van der Waals surface area contributed by atoms with Crippen molar-refractivity contribution >= 4 is 17.2 Å². The SMILES string of the molecule is O=C(Cc1csc(-c2ccccc2)n1)NCc1ccncc1. The first-order valence-electron chi connectivity index (χ1n) is 6.97. The molecule has 1 N–H and O–H groups in total. The molecule has 3 rings (SSSR count). The Hall–Kier alpha value is -2.53. The molecule has 0 saturated carbocycles. The van der Waals surface area contributed by atoms with Gasteiger partial charge in [-0.25, -0.2) is 4.98 Å². The number of nitrogens with one attached hydrogen (secondary N) is 1. The van der Waals surface area contributed by atoms with Gasteiger partial charge in [0.05, 0.1) is 12.1 Å². The predicted octanol–water partition coefficient (Wildman–Crippen LogP) is 3.06. The molecule has 0 unspecified atom stereocenters. The van der Waals surface area contributed by atoms with Gasteiger partial charge in [0.15, 0.2) is 0 Å². The van der Waals surface area contributed by atoms with Crippen LogP contribution in [0.3, 0.4) is 0 Å². The Morgan fingerprint density at radius 3 is 2.64 bits per heavy atom. The summed E-state index contributed by atoms with van der Waals surface area (Å²) in [7, 11) is 0. The molecule has 0 fully saturated rings. The zero-order valence-corrected chi connectivity index (χ0v) is 12.7. The molecule has 0 aliphatic carbocycles. The van der Waals surface area contributed by atoms with Gasteiger partial charge in [0.25, 0.3) is 0 Å². The molecule has 1 amide bonds. The number of carbonyl (C=O) groups is 1. The fourth-order valence-corrected chi connectivity index (χ4v) is 2.86. The monoisotopic (exact) mass is 309 g/mol. The van der Waals surface area contributed by atoms with Crippen LogP contribution in [0.1, 0.15) is 11.3 Å². The molecule has 0 aliphatic heterocycles. The molecule has 2 aromatic heterocycles. The number of pyridine rings is 1. The first kappa shape index (κ1) is 14.4. The van der Waals surface area contributed by atoms with Crippen LogP contribution < -0.4 is 5.32 Å². The van der Waals surface area contributed by atoms with E-state index in [1.54, 1.807) is 23.7 Å². The van der Waals surface area contributed by atoms with Crippen LogP contribution in [0, 0.1) is 0 Å². The van der Waals surface area contributed by atoms with Gasteiger partial charge >= 0.3 is 0 Å². The number of amides is 1. The lowest BCUT2D eigenvalue weighted by Crippen LogP contribution is -2.24. The average molecular weight is 309 g/mol. The van der Waals surface area contributed by atoms with Crippen LogP contribution in [-0.4, -0.2) is 15.9 Å². The summed E-state index contributed by atoms with van der Waals surface area (Å²) in [6, 6.07) is 13.8. The second kappa shape index (κ2) is 6.95. The Bertz CT molecular complexity index is 741. The molecule has 0 atom stereocenters. The largest absolute Gasteiger partial charge is 0.352 e. The van der Waals surface area contributed by atoms with Crippen LogP contribution >= 0.6 is 11.3 Å². The number of aromatic nitrogens is 2. The van der Waals surface area contributed by atoms with Crippen molar-refractivity contribution in [3.8, 4) is 10.6 Å². The number of hydrogen-bond acceptors (Lipinski definition) is 4. The molecule has 2 heterocycles. The average Bonchev–Trinajstić information content (AvgIpc) is 3.03. The summed E-state index contributed by atoms with van der Waals surface area (Å²) in [5.41, 5.74) is 2.92. The van der Waals surface area contributed by atoms with Gasteiger partial charge < -0.3 is 5.32 Å². The highest BCUT2D eigenvalue weighted by atomic mass is 32.1. The lowest BCUT2D eigenvalue weighted by Gasteiger charge is -2.03. The predicted molar refractivity (Wildman–Crippen MR) is 87.3 cm³/mol. The maximum Gasteiger partial charge on any atom is 0.226 e. The molecule has 0 radical (unpaired) electrons. The Labute approximate surface area is 132 Å². The molecule has 4 nitrogen and oxygen atoms in total. The van der Waals surface area contributed by atoms with E-state index >= 15 is 0 Å². The molecular formula is C17H15N3OS. The van der Waals surface area contributed by atoms with Crippen molar-refractivity contribution in [2.24, 2.45) is 0 Å². The zero-order valence-electron chi connectivity index (χ0n) is 11.9. The molecule has 0 saturated heterocycles. The Balaban J connectivity index is 1.57. The highest BCUT2D eigenvalue weighted by Gasteiger charge is 2.08. The summed E-state index contributed by atoms with van der Waals surface area (Å²) in [6.45, 7) is 0.511. The maximum atomic E-state index is 12.0. The van der Waals surface area contributed by atoms with Crippen molar-refractivity contribution in [1.29, 1.82) is 0 Å². The second-order valence-electron chi connectivity index (χ2n) is 4.82. The van der Waals surface area contributed by atoms with Gasteiger partial charge in [-0.05, 0) is 17.7 Å². The van der Waals surface area contributed by atoms with Crippen LogP contribution in [0.5, 0.6) is 0 Å². The van der Waals surface area contributed by atoms with Gasteiger partial charge in [-0.1, -0.05) is 30.3 Å². The van der Waals surface area contributed by atoms with Gasteiger partial charge in [0, 0.05) is 29.9 Å². The highest BCUT2D eigenvalue weighted by Crippen LogP contribution is 2.23. The summed E-state index contributed by atoms with van der Waals surface area (Å²) < 4.78 is 0. The van der Waals surface area contributed by atoms with Gasteiger partial charge in [-0.3, -0.25) is 9.78 Å². The third-order valence-electron chi connectivity index (χ3n) is 3.15. The first-order valence-corrected chi connectivity index (χ1v) is 7.84. The lowest BCUT2D eigenvalue weighted by atomic mass is 10.2. The maximum absolute atomic E-state index is 12.0. The van der Waals surface area contributed by atoms with E-state index in [1.807, 2.05) is 47.8 Å². The van der Waals surface area contributed by atoms with Gasteiger partial charge in [0.1, 0.15) is 5.01 Å². The molecule has 5 heteroatoms. The van der Waals surface area contributed by atoms with Crippen molar-refractivity contribution in [3.05, 3.63) is 71.5 Å². The summed E-state index contributed by atoms with van der Waals surface area (Å²) in [5, 5.41) is 5.78. The van der Waals surface area contributed by atoms with Crippen LogP contribution in [0.25, 0.3) is 10.6 Å². The number of thiazole rings is 1. The normalized spacial score (nSPS) is 10.4. The van der Waals surface area contributed by atoms with Gasteiger partial charge in [0.2, 0.25) is 5.91 Å². The Kier molecular flexibility index (Phi) is 4.56. The molecule has 3 aromatic rings. The van der Waals surface area contributed by atoms with E-state index in [0.717, 1.165) is 21.8 Å². The van der Waals surface area contributed by atoms with E-state index in [1.165, 1.54) is 0 Å². The Morgan fingerprint density at radius 1 is 1.09 bits per heavy atom. The van der Waals surface area contributed by atoms with E-state index in [2.05, 4.69) is 15.3 Å². The van der Waals surface area contributed by atoms with Crippen molar-refractivity contribution < 1.29 is 4.79 Å². The van der Waals surface area contributed by atoms with E-state index in [4.69, 9.17) is 0 Å². The standard InChI is InChI=1S/C17H15N3OS/c21-16(19-11-13-6-8-18-9-7-13)10-15-12-22-17(20-15)14-4-2-1-3-5-14/h1-9,12H,10-11H2,(H,19,21). The minimum Gasteiger partial charge on any atom is -0.352 e.